The molecule has 0 amide bonds. The highest BCUT2D eigenvalue weighted by Crippen LogP contribution is 2.62. The van der Waals surface area contributed by atoms with E-state index in [2.05, 4.69) is 154 Å². The molecule has 4 unspecified atom stereocenters. The number of rotatable bonds is 3. The zero-order valence-corrected chi connectivity index (χ0v) is 29.3. The lowest BCUT2D eigenvalue weighted by molar-refractivity contribution is 0.114. The molecule has 10 rings (SSSR count). The molecule has 1 heterocycles. The molecular weight excluding hydrogens is 609 g/mol. The Balaban J connectivity index is 1.25. The van der Waals surface area contributed by atoms with Crippen LogP contribution >= 0.6 is 11.3 Å². The number of fused-ring (bicyclic) bond motifs is 10. The maximum absolute atomic E-state index is 2.63. The van der Waals surface area contributed by atoms with E-state index in [1.807, 2.05) is 11.3 Å². The first-order chi connectivity index (χ1) is 24.1. The SMILES string of the molecule is CCC1CC(C)CC(C)C12c1ccccc1-c1ccc(-c3c4ccccc4c(-c4ccc5sc6ccccc6c5c4)c4ccccc34)cc12. The average Bonchev–Trinajstić information content (AvgIpc) is 3.65. The lowest BCUT2D eigenvalue weighted by Crippen LogP contribution is -2.45. The van der Waals surface area contributed by atoms with E-state index in [4.69, 9.17) is 0 Å². The summed E-state index contributed by atoms with van der Waals surface area (Å²) in [5, 5.41) is 7.99. The second kappa shape index (κ2) is 10.9. The van der Waals surface area contributed by atoms with Crippen molar-refractivity contribution in [2.75, 3.05) is 0 Å². The van der Waals surface area contributed by atoms with E-state index < -0.39 is 0 Å². The Kier molecular flexibility index (Phi) is 6.49. The molecule has 0 aliphatic heterocycles. The normalized spacial score (nSPS) is 21.6. The van der Waals surface area contributed by atoms with Crippen LogP contribution in [0.1, 0.15) is 51.2 Å². The van der Waals surface area contributed by atoms with Crippen LogP contribution in [-0.4, -0.2) is 0 Å². The lowest BCUT2D eigenvalue weighted by Gasteiger charge is -2.50. The van der Waals surface area contributed by atoms with Gasteiger partial charge in [0.1, 0.15) is 0 Å². The first-order valence-corrected chi connectivity index (χ1v) is 19.0. The Labute approximate surface area is 293 Å². The fourth-order valence-electron chi connectivity index (χ4n) is 10.6. The predicted molar refractivity (Wildman–Crippen MR) is 213 cm³/mol. The zero-order valence-electron chi connectivity index (χ0n) is 28.5. The fourth-order valence-corrected chi connectivity index (χ4v) is 11.6. The minimum absolute atomic E-state index is 0.0491. The summed E-state index contributed by atoms with van der Waals surface area (Å²) in [6.07, 6.45) is 3.78. The molecule has 1 fully saturated rings. The van der Waals surface area contributed by atoms with Crippen LogP contribution in [0.3, 0.4) is 0 Å². The second-order valence-corrected chi connectivity index (χ2v) is 16.0. The first-order valence-electron chi connectivity index (χ1n) is 18.2. The van der Waals surface area contributed by atoms with Gasteiger partial charge in [-0.15, -0.1) is 11.3 Å². The van der Waals surface area contributed by atoms with E-state index in [1.54, 1.807) is 11.1 Å². The third-order valence-corrected chi connectivity index (χ3v) is 13.5. The number of hydrogen-bond donors (Lipinski definition) is 0. The van der Waals surface area contributed by atoms with Gasteiger partial charge in [0.25, 0.3) is 0 Å². The van der Waals surface area contributed by atoms with Crippen molar-refractivity contribution >= 4 is 53.1 Å². The van der Waals surface area contributed by atoms with Crippen molar-refractivity contribution in [3.63, 3.8) is 0 Å². The quantitative estimate of drug-likeness (QED) is 0.167. The Morgan fingerprint density at radius 3 is 1.78 bits per heavy atom. The van der Waals surface area contributed by atoms with Gasteiger partial charge in [0.05, 0.1) is 0 Å². The minimum atomic E-state index is 0.0491. The van der Waals surface area contributed by atoms with Gasteiger partial charge in [-0.2, -0.15) is 0 Å². The summed E-state index contributed by atoms with van der Waals surface area (Å²) in [7, 11) is 0. The molecule has 2 aliphatic carbocycles. The molecule has 7 aromatic carbocycles. The van der Waals surface area contributed by atoms with E-state index in [0.29, 0.717) is 11.8 Å². The van der Waals surface area contributed by atoms with Gasteiger partial charge in [-0.3, -0.25) is 0 Å². The highest BCUT2D eigenvalue weighted by molar-refractivity contribution is 7.25. The number of hydrogen-bond acceptors (Lipinski definition) is 1. The van der Waals surface area contributed by atoms with E-state index in [9.17, 15) is 0 Å². The third kappa shape index (κ3) is 4.03. The van der Waals surface area contributed by atoms with Gasteiger partial charge < -0.3 is 0 Å². The van der Waals surface area contributed by atoms with E-state index in [-0.39, 0.29) is 5.41 Å². The molecule has 238 valence electrons. The van der Waals surface area contributed by atoms with Crippen LogP contribution in [0.2, 0.25) is 0 Å². The zero-order chi connectivity index (χ0) is 32.9. The van der Waals surface area contributed by atoms with Crippen molar-refractivity contribution in [1.82, 2.24) is 0 Å². The highest BCUT2D eigenvalue weighted by atomic mass is 32.1. The van der Waals surface area contributed by atoms with Gasteiger partial charge in [-0.1, -0.05) is 136 Å². The molecule has 0 radical (unpaired) electrons. The van der Waals surface area contributed by atoms with Crippen molar-refractivity contribution in [3.05, 3.63) is 145 Å². The maximum atomic E-state index is 2.63. The van der Waals surface area contributed by atoms with E-state index >= 15 is 0 Å². The smallest absolute Gasteiger partial charge is 0.0355 e. The molecule has 49 heavy (non-hydrogen) atoms. The third-order valence-electron chi connectivity index (χ3n) is 12.4. The molecule has 0 bridgehead atoms. The monoisotopic (exact) mass is 648 g/mol. The first kappa shape index (κ1) is 29.2. The van der Waals surface area contributed by atoms with Crippen LogP contribution in [-0.2, 0) is 5.41 Å². The molecule has 1 spiro atoms. The average molecular weight is 649 g/mol. The van der Waals surface area contributed by atoms with E-state index in [0.717, 1.165) is 5.92 Å². The lowest BCUT2D eigenvalue weighted by atomic mass is 9.53. The molecule has 0 nitrogen and oxygen atoms in total. The fraction of sp³-hybridized carbons (Fsp3) is 0.208. The summed E-state index contributed by atoms with van der Waals surface area (Å²) in [5.41, 5.74) is 11.4. The number of benzene rings is 7. The highest BCUT2D eigenvalue weighted by Gasteiger charge is 2.53. The summed E-state index contributed by atoms with van der Waals surface area (Å²) in [6, 6.07) is 51.1. The molecule has 1 aromatic heterocycles. The van der Waals surface area contributed by atoms with Crippen LogP contribution in [0.15, 0.2) is 133 Å². The summed E-state index contributed by atoms with van der Waals surface area (Å²) < 4.78 is 2.70. The van der Waals surface area contributed by atoms with Crippen molar-refractivity contribution in [2.45, 2.75) is 45.4 Å². The standard InChI is InChI=1S/C48H40S/c1-4-33-26-29(2)25-30(3)48(33)42-19-11-9-13-34(42)35-23-21-32(28-43(35)48)47-39-17-7-5-15-37(39)46(38-16-6-8-18-40(38)47)31-22-24-45-41(27-31)36-14-10-12-20-44(36)49-45/h5-24,27-30,33H,4,25-26H2,1-3H3. The molecule has 8 aromatic rings. The Bertz CT molecular complexity index is 2540. The molecule has 0 saturated heterocycles. The van der Waals surface area contributed by atoms with Crippen LogP contribution in [0.25, 0.3) is 75.1 Å². The molecular formula is C48H40S. The topological polar surface area (TPSA) is 0 Å². The second-order valence-electron chi connectivity index (χ2n) is 14.9. The number of thiophene rings is 1. The molecule has 1 heteroatoms. The van der Waals surface area contributed by atoms with Gasteiger partial charge in [0.15, 0.2) is 0 Å². The van der Waals surface area contributed by atoms with Gasteiger partial charge in [-0.25, -0.2) is 0 Å². The Morgan fingerprint density at radius 2 is 1.08 bits per heavy atom. The molecule has 4 atom stereocenters. The predicted octanol–water partition coefficient (Wildman–Crippen LogP) is 14.1. The van der Waals surface area contributed by atoms with Crippen LogP contribution in [0.5, 0.6) is 0 Å². The van der Waals surface area contributed by atoms with Crippen LogP contribution in [0.4, 0.5) is 0 Å². The summed E-state index contributed by atoms with van der Waals surface area (Å²) >= 11 is 1.89. The molecule has 1 saturated carbocycles. The maximum Gasteiger partial charge on any atom is 0.0355 e. The Hall–Kier alpha value is -4.72. The van der Waals surface area contributed by atoms with Crippen molar-refractivity contribution < 1.29 is 0 Å². The van der Waals surface area contributed by atoms with Crippen LogP contribution in [0, 0.1) is 17.8 Å². The summed E-state index contributed by atoms with van der Waals surface area (Å²) in [4.78, 5) is 0. The Morgan fingerprint density at radius 1 is 0.531 bits per heavy atom. The minimum Gasteiger partial charge on any atom is -0.135 e. The van der Waals surface area contributed by atoms with E-state index in [1.165, 1.54) is 94.4 Å². The van der Waals surface area contributed by atoms with Gasteiger partial charge in [0.2, 0.25) is 0 Å². The largest absolute Gasteiger partial charge is 0.135 e. The van der Waals surface area contributed by atoms with Crippen molar-refractivity contribution in [1.29, 1.82) is 0 Å². The molecule has 0 N–H and O–H groups in total. The van der Waals surface area contributed by atoms with Gasteiger partial charge in [0, 0.05) is 25.6 Å². The van der Waals surface area contributed by atoms with Crippen molar-refractivity contribution in [3.8, 4) is 33.4 Å². The van der Waals surface area contributed by atoms with Gasteiger partial charge >= 0.3 is 0 Å². The van der Waals surface area contributed by atoms with Crippen LogP contribution < -0.4 is 0 Å². The molecule has 2 aliphatic rings. The van der Waals surface area contributed by atoms with Crippen molar-refractivity contribution in [2.24, 2.45) is 17.8 Å². The summed E-state index contributed by atoms with van der Waals surface area (Å²) in [5.74, 6) is 1.97. The van der Waals surface area contributed by atoms with Gasteiger partial charge in [-0.05, 0) is 121 Å². The summed E-state index contributed by atoms with van der Waals surface area (Å²) in [6.45, 7) is 7.45.